The third-order valence-corrected chi connectivity index (χ3v) is 1.98. The summed E-state index contributed by atoms with van der Waals surface area (Å²) in [4.78, 5) is 0.750. The highest BCUT2D eigenvalue weighted by Crippen LogP contribution is 2.04. The van der Waals surface area contributed by atoms with Gasteiger partial charge in [0, 0.05) is 11.4 Å². The van der Waals surface area contributed by atoms with Gasteiger partial charge in [-0.2, -0.15) is 12.6 Å². The first kappa shape index (κ1) is 8.56. The van der Waals surface area contributed by atoms with E-state index >= 15 is 0 Å². The van der Waals surface area contributed by atoms with Crippen molar-refractivity contribution in [2.75, 3.05) is 11.1 Å². The van der Waals surface area contributed by atoms with E-state index in [1.807, 2.05) is 30.3 Å². The topological polar surface area (TPSA) is 12.0 Å². The number of thiocarbonyl (C=S) groups is 1. The van der Waals surface area contributed by atoms with Gasteiger partial charge >= 0.3 is 0 Å². The van der Waals surface area contributed by atoms with Crippen molar-refractivity contribution in [3.8, 4) is 0 Å². The Hall–Kier alpha value is -0.540. The zero-order valence-corrected chi connectivity index (χ0v) is 7.66. The van der Waals surface area contributed by atoms with Crippen LogP contribution in [-0.2, 0) is 0 Å². The van der Waals surface area contributed by atoms with Crippen LogP contribution in [0.5, 0.6) is 0 Å². The SMILES string of the molecule is S=C(CS)Nc1ccccc1. The molecule has 11 heavy (non-hydrogen) atoms. The summed E-state index contributed by atoms with van der Waals surface area (Å²) in [6.45, 7) is 0. The van der Waals surface area contributed by atoms with Gasteiger partial charge in [0.05, 0.1) is 4.99 Å². The fraction of sp³-hybridized carbons (Fsp3) is 0.125. The number of nitrogens with one attached hydrogen (secondary N) is 1. The smallest absolute Gasteiger partial charge is 0.0895 e. The second kappa shape index (κ2) is 4.36. The van der Waals surface area contributed by atoms with Crippen molar-refractivity contribution in [1.29, 1.82) is 0 Å². The van der Waals surface area contributed by atoms with E-state index in [2.05, 4.69) is 17.9 Å². The van der Waals surface area contributed by atoms with Crippen molar-refractivity contribution < 1.29 is 0 Å². The highest BCUT2D eigenvalue weighted by molar-refractivity contribution is 7.86. The van der Waals surface area contributed by atoms with Crippen LogP contribution in [0.1, 0.15) is 0 Å². The maximum Gasteiger partial charge on any atom is 0.0895 e. The molecule has 0 radical (unpaired) electrons. The Labute approximate surface area is 77.2 Å². The van der Waals surface area contributed by atoms with E-state index in [0.717, 1.165) is 10.7 Å². The van der Waals surface area contributed by atoms with E-state index in [1.165, 1.54) is 0 Å². The van der Waals surface area contributed by atoms with Crippen LogP contribution in [-0.4, -0.2) is 10.7 Å². The summed E-state index contributed by atoms with van der Waals surface area (Å²) in [6, 6.07) is 9.83. The lowest BCUT2D eigenvalue weighted by Gasteiger charge is -2.03. The zero-order chi connectivity index (χ0) is 8.10. The van der Waals surface area contributed by atoms with Gasteiger partial charge in [0.25, 0.3) is 0 Å². The molecule has 3 heteroatoms. The molecule has 0 aromatic heterocycles. The van der Waals surface area contributed by atoms with Crippen LogP contribution >= 0.6 is 24.8 Å². The van der Waals surface area contributed by atoms with Crippen LogP contribution in [0.15, 0.2) is 30.3 Å². The molecule has 0 aliphatic heterocycles. The maximum atomic E-state index is 4.95. The van der Waals surface area contributed by atoms with Gasteiger partial charge in [0.2, 0.25) is 0 Å². The van der Waals surface area contributed by atoms with Gasteiger partial charge in [0.15, 0.2) is 0 Å². The van der Waals surface area contributed by atoms with E-state index in [-0.39, 0.29) is 0 Å². The molecule has 0 fully saturated rings. The molecule has 0 heterocycles. The monoisotopic (exact) mass is 183 g/mol. The first-order chi connectivity index (χ1) is 5.33. The van der Waals surface area contributed by atoms with Crippen molar-refractivity contribution >= 4 is 35.5 Å². The summed E-state index contributed by atoms with van der Waals surface area (Å²) in [7, 11) is 0. The van der Waals surface area contributed by atoms with Crippen LogP contribution in [0.4, 0.5) is 5.69 Å². The van der Waals surface area contributed by atoms with Gasteiger partial charge in [-0.15, -0.1) is 0 Å². The molecule has 0 amide bonds. The van der Waals surface area contributed by atoms with Crippen LogP contribution in [0, 0.1) is 0 Å². The number of anilines is 1. The summed E-state index contributed by atoms with van der Waals surface area (Å²) in [5, 5.41) is 3.05. The quantitative estimate of drug-likeness (QED) is 0.539. The molecule has 1 aromatic carbocycles. The molecular formula is C8H9NS2. The molecule has 0 unspecified atom stereocenters. The second-order valence-corrected chi connectivity index (χ2v) is 2.88. The fourth-order valence-electron chi connectivity index (χ4n) is 0.722. The number of hydrogen-bond donors (Lipinski definition) is 2. The summed E-state index contributed by atoms with van der Waals surface area (Å²) >= 11 is 8.99. The van der Waals surface area contributed by atoms with Crippen molar-refractivity contribution in [2.24, 2.45) is 0 Å². The largest absolute Gasteiger partial charge is 0.349 e. The minimum atomic E-state index is 0.588. The van der Waals surface area contributed by atoms with Crippen LogP contribution in [0.3, 0.4) is 0 Å². The molecule has 0 aliphatic rings. The van der Waals surface area contributed by atoms with Gasteiger partial charge in [-0.1, -0.05) is 30.4 Å². The van der Waals surface area contributed by atoms with Crippen molar-refractivity contribution in [2.45, 2.75) is 0 Å². The van der Waals surface area contributed by atoms with E-state index in [4.69, 9.17) is 12.2 Å². The normalized spacial score (nSPS) is 9.18. The molecule has 0 saturated heterocycles. The minimum Gasteiger partial charge on any atom is -0.349 e. The number of para-hydroxylation sites is 1. The lowest BCUT2D eigenvalue weighted by Crippen LogP contribution is -2.09. The van der Waals surface area contributed by atoms with E-state index in [1.54, 1.807) is 0 Å². The van der Waals surface area contributed by atoms with Crippen molar-refractivity contribution in [3.05, 3.63) is 30.3 Å². The first-order valence-corrected chi connectivity index (χ1v) is 4.33. The minimum absolute atomic E-state index is 0.588. The Morgan fingerprint density at radius 1 is 1.36 bits per heavy atom. The zero-order valence-electron chi connectivity index (χ0n) is 5.95. The Bertz CT molecular complexity index is 233. The summed E-state index contributed by atoms with van der Waals surface area (Å²) in [5.74, 6) is 0.588. The molecule has 1 nitrogen and oxygen atoms in total. The van der Waals surface area contributed by atoms with E-state index in [9.17, 15) is 0 Å². The summed E-state index contributed by atoms with van der Waals surface area (Å²) in [6.07, 6.45) is 0. The Balaban J connectivity index is 2.58. The Morgan fingerprint density at radius 3 is 2.55 bits per heavy atom. The molecule has 1 aromatic rings. The summed E-state index contributed by atoms with van der Waals surface area (Å²) < 4.78 is 0. The molecule has 0 bridgehead atoms. The molecule has 0 atom stereocenters. The first-order valence-electron chi connectivity index (χ1n) is 3.28. The van der Waals surface area contributed by atoms with E-state index < -0.39 is 0 Å². The fourth-order valence-corrected chi connectivity index (χ4v) is 0.919. The Kier molecular flexibility index (Phi) is 3.39. The van der Waals surface area contributed by atoms with Crippen LogP contribution in [0.25, 0.3) is 0 Å². The molecule has 0 aliphatic carbocycles. The number of benzene rings is 1. The van der Waals surface area contributed by atoms with Gasteiger partial charge in [-0.25, -0.2) is 0 Å². The van der Waals surface area contributed by atoms with Gasteiger partial charge in [0.1, 0.15) is 0 Å². The molecule has 1 rings (SSSR count). The summed E-state index contributed by atoms with van der Waals surface area (Å²) in [5.41, 5.74) is 1.02. The second-order valence-electron chi connectivity index (χ2n) is 2.07. The lowest BCUT2D eigenvalue weighted by atomic mass is 10.3. The average molecular weight is 183 g/mol. The van der Waals surface area contributed by atoms with Crippen molar-refractivity contribution in [3.63, 3.8) is 0 Å². The maximum absolute atomic E-state index is 4.95. The lowest BCUT2D eigenvalue weighted by molar-refractivity contribution is 1.64. The van der Waals surface area contributed by atoms with Gasteiger partial charge < -0.3 is 5.32 Å². The standard InChI is InChI=1S/C8H9NS2/c10-6-8(11)9-7-4-2-1-3-5-7/h1-5,10H,6H2,(H,9,11). The highest BCUT2D eigenvalue weighted by atomic mass is 32.1. The van der Waals surface area contributed by atoms with Gasteiger partial charge in [-0.05, 0) is 12.1 Å². The number of rotatable bonds is 2. The predicted molar refractivity (Wildman–Crippen MR) is 56.5 cm³/mol. The third kappa shape index (κ3) is 2.91. The highest BCUT2D eigenvalue weighted by Gasteiger charge is 1.91. The molecule has 0 saturated carbocycles. The number of thiol groups is 1. The third-order valence-electron chi connectivity index (χ3n) is 1.20. The molecule has 0 spiro atoms. The van der Waals surface area contributed by atoms with E-state index in [0.29, 0.717) is 5.75 Å². The molecule has 1 N–H and O–H groups in total. The number of hydrogen-bond acceptors (Lipinski definition) is 2. The predicted octanol–water partition coefficient (Wildman–Crippen LogP) is 2.36. The molecular weight excluding hydrogens is 174 g/mol. The Morgan fingerprint density at radius 2 is 2.00 bits per heavy atom. The average Bonchev–Trinajstić information content (AvgIpc) is 2.06. The van der Waals surface area contributed by atoms with Gasteiger partial charge in [-0.3, -0.25) is 0 Å². The van der Waals surface area contributed by atoms with Crippen molar-refractivity contribution in [1.82, 2.24) is 0 Å². The van der Waals surface area contributed by atoms with Crippen LogP contribution < -0.4 is 5.32 Å². The van der Waals surface area contributed by atoms with Crippen LogP contribution in [0.2, 0.25) is 0 Å². The molecule has 58 valence electrons.